The minimum absolute atomic E-state index is 0.292. The van der Waals surface area contributed by atoms with E-state index >= 15 is 0 Å². The van der Waals surface area contributed by atoms with Crippen LogP contribution in [0.3, 0.4) is 0 Å². The first-order valence-electron chi connectivity index (χ1n) is 9.41. The quantitative estimate of drug-likeness (QED) is 0.465. The Morgan fingerprint density at radius 3 is 1.53 bits per heavy atom. The summed E-state index contributed by atoms with van der Waals surface area (Å²) in [5.41, 5.74) is 3.12. The maximum absolute atomic E-state index is 14.2. The highest BCUT2D eigenvalue weighted by Gasteiger charge is 2.37. The molecule has 0 saturated heterocycles. The van der Waals surface area contributed by atoms with Gasteiger partial charge in [-0.15, -0.1) is 0 Å². The van der Waals surface area contributed by atoms with Crippen molar-refractivity contribution in [1.29, 1.82) is 0 Å². The Balaban J connectivity index is 0.000000575. The van der Waals surface area contributed by atoms with Crippen LogP contribution < -0.4 is 10.6 Å². The molecule has 30 heavy (non-hydrogen) atoms. The zero-order valence-electron chi connectivity index (χ0n) is 17.3. The first-order chi connectivity index (χ1) is 14.2. The normalized spacial score (nSPS) is 10.5. The molecule has 0 heterocycles. The maximum atomic E-state index is 14.2. The van der Waals surface area contributed by atoms with E-state index in [0.717, 1.165) is 22.8 Å². The van der Waals surface area contributed by atoms with E-state index in [-0.39, 0.29) is 5.52 Å². The number of carboxylic acids is 1. The molecule has 154 valence electrons. The molecule has 4 nitrogen and oxygen atoms in total. The number of aryl methyl sites for hydroxylation is 3. The lowest BCUT2D eigenvalue weighted by atomic mass is 10.0. The molecule has 0 saturated carbocycles. The Morgan fingerprint density at radius 1 is 0.833 bits per heavy atom. The van der Waals surface area contributed by atoms with Gasteiger partial charge < -0.3 is 9.67 Å². The third-order valence-corrected chi connectivity index (χ3v) is 7.44. The van der Waals surface area contributed by atoms with Crippen molar-refractivity contribution >= 4 is 29.2 Å². The average molecular weight is 420 g/mol. The van der Waals surface area contributed by atoms with Gasteiger partial charge >= 0.3 is 5.97 Å². The van der Waals surface area contributed by atoms with Gasteiger partial charge in [0.15, 0.2) is 0 Å². The lowest BCUT2D eigenvalue weighted by Crippen LogP contribution is -2.23. The summed E-state index contributed by atoms with van der Waals surface area (Å²) in [7, 11) is -3.44. The fourth-order valence-corrected chi connectivity index (χ4v) is 5.95. The summed E-state index contributed by atoms with van der Waals surface area (Å²) in [6, 6.07) is 22.1. The van der Waals surface area contributed by atoms with Crippen molar-refractivity contribution in [2.75, 3.05) is 0 Å². The van der Waals surface area contributed by atoms with Gasteiger partial charge in [-0.05, 0) is 31.9 Å². The summed E-state index contributed by atoms with van der Waals surface area (Å²) in [5, 5.41) is 8.75. The number of benzene rings is 3. The molecule has 0 radical (unpaired) electrons. The first-order valence-corrected chi connectivity index (χ1v) is 11.1. The SMILES string of the molecule is C=CC(=O)O.Cc1cc(C)c(C(=O)P(=O)(c2ccccc2)c2ccccc2)c(C)c1. The number of aliphatic carboxylic acids is 1. The van der Waals surface area contributed by atoms with E-state index in [9.17, 15) is 14.2 Å². The van der Waals surface area contributed by atoms with Crippen LogP contribution in [0, 0.1) is 20.8 Å². The largest absolute Gasteiger partial charge is 0.478 e. The molecular formula is C25H25O4P. The number of carbonyl (C=O) groups is 2. The van der Waals surface area contributed by atoms with Crippen molar-refractivity contribution in [3.05, 3.63) is 108 Å². The van der Waals surface area contributed by atoms with Crippen molar-refractivity contribution < 1.29 is 19.3 Å². The van der Waals surface area contributed by atoms with E-state index in [0.29, 0.717) is 16.2 Å². The standard InChI is InChI=1S/C22H21O2P.C3H4O2/c1-16-14-17(2)21(18(3)15-16)22(23)25(24,19-10-6-4-7-11-19)20-12-8-5-9-13-20;1-2-3(4)5/h4-15H,1-3H3;2H,1H2,(H,4,5). The van der Waals surface area contributed by atoms with Crippen molar-refractivity contribution in [3.8, 4) is 0 Å². The van der Waals surface area contributed by atoms with Crippen LogP contribution in [-0.4, -0.2) is 16.6 Å². The van der Waals surface area contributed by atoms with Crippen molar-refractivity contribution in [2.24, 2.45) is 0 Å². The minimum Gasteiger partial charge on any atom is -0.478 e. The number of rotatable bonds is 5. The highest BCUT2D eigenvalue weighted by Crippen LogP contribution is 2.47. The van der Waals surface area contributed by atoms with E-state index in [1.54, 1.807) is 24.3 Å². The monoisotopic (exact) mass is 420 g/mol. The van der Waals surface area contributed by atoms with Gasteiger partial charge in [-0.3, -0.25) is 4.79 Å². The molecule has 0 aromatic heterocycles. The number of hydrogen-bond acceptors (Lipinski definition) is 3. The minimum atomic E-state index is -3.44. The van der Waals surface area contributed by atoms with E-state index in [1.807, 2.05) is 69.3 Å². The second-order valence-electron chi connectivity index (χ2n) is 6.90. The Labute approximate surface area is 177 Å². The summed E-state index contributed by atoms with van der Waals surface area (Å²) in [5.74, 6) is -0.981. The molecule has 3 rings (SSSR count). The molecule has 0 atom stereocenters. The van der Waals surface area contributed by atoms with Crippen LogP contribution >= 0.6 is 7.14 Å². The molecule has 0 spiro atoms. The lowest BCUT2D eigenvalue weighted by molar-refractivity contribution is -0.131. The van der Waals surface area contributed by atoms with Crippen LogP contribution in [0.1, 0.15) is 27.0 Å². The third kappa shape index (κ3) is 5.03. The number of hydrogen-bond donors (Lipinski definition) is 1. The van der Waals surface area contributed by atoms with Crippen LogP contribution in [0.4, 0.5) is 0 Å². The lowest BCUT2D eigenvalue weighted by Gasteiger charge is -2.20. The Morgan fingerprint density at radius 2 is 1.20 bits per heavy atom. The predicted octanol–water partition coefficient (Wildman–Crippen LogP) is 5.02. The van der Waals surface area contributed by atoms with Gasteiger partial charge in [0.1, 0.15) is 0 Å². The van der Waals surface area contributed by atoms with Crippen LogP contribution in [0.15, 0.2) is 85.5 Å². The first kappa shape index (κ1) is 23.1. The smallest absolute Gasteiger partial charge is 0.327 e. The van der Waals surface area contributed by atoms with Gasteiger partial charge in [0.2, 0.25) is 12.7 Å². The average Bonchev–Trinajstić information content (AvgIpc) is 2.74. The van der Waals surface area contributed by atoms with Crippen molar-refractivity contribution in [2.45, 2.75) is 20.8 Å². The summed E-state index contributed by atoms with van der Waals surface area (Å²) < 4.78 is 14.2. The Kier molecular flexibility index (Phi) is 7.68. The van der Waals surface area contributed by atoms with Crippen LogP contribution in [0.25, 0.3) is 0 Å². The molecular weight excluding hydrogens is 395 g/mol. The maximum Gasteiger partial charge on any atom is 0.327 e. The van der Waals surface area contributed by atoms with E-state index in [2.05, 4.69) is 6.58 Å². The molecule has 0 aliphatic carbocycles. The van der Waals surface area contributed by atoms with E-state index < -0.39 is 13.1 Å². The van der Waals surface area contributed by atoms with Gasteiger partial charge in [-0.1, -0.05) is 84.9 Å². The second-order valence-corrected chi connectivity index (χ2v) is 9.56. The Bertz CT molecular complexity index is 1040. The molecule has 0 aliphatic heterocycles. The molecule has 0 amide bonds. The Hall–Kier alpha value is -3.23. The van der Waals surface area contributed by atoms with Gasteiger partial charge in [0.05, 0.1) is 0 Å². The zero-order valence-corrected chi connectivity index (χ0v) is 18.2. The van der Waals surface area contributed by atoms with Crippen LogP contribution in [-0.2, 0) is 9.36 Å². The second kappa shape index (κ2) is 10.00. The van der Waals surface area contributed by atoms with E-state index in [1.165, 1.54) is 0 Å². The van der Waals surface area contributed by atoms with Crippen molar-refractivity contribution in [1.82, 2.24) is 0 Å². The fourth-order valence-electron chi connectivity index (χ4n) is 3.33. The molecule has 0 unspecified atom stereocenters. The fraction of sp³-hybridized carbons (Fsp3) is 0.120. The zero-order chi connectivity index (χ0) is 22.3. The highest BCUT2D eigenvalue weighted by atomic mass is 31.2. The molecule has 5 heteroatoms. The van der Waals surface area contributed by atoms with Crippen LogP contribution in [0.5, 0.6) is 0 Å². The van der Waals surface area contributed by atoms with Gasteiger partial charge in [-0.25, -0.2) is 4.79 Å². The van der Waals surface area contributed by atoms with Crippen molar-refractivity contribution in [3.63, 3.8) is 0 Å². The summed E-state index contributed by atoms with van der Waals surface area (Å²) in [6.07, 6.45) is 0.833. The molecule has 0 bridgehead atoms. The van der Waals surface area contributed by atoms with Gasteiger partial charge in [0.25, 0.3) is 0 Å². The topological polar surface area (TPSA) is 71.4 Å². The summed E-state index contributed by atoms with van der Waals surface area (Å²) in [4.78, 5) is 22.8. The molecule has 0 fully saturated rings. The molecule has 3 aromatic rings. The predicted molar refractivity (Wildman–Crippen MR) is 123 cm³/mol. The van der Waals surface area contributed by atoms with Gasteiger partial charge in [0, 0.05) is 22.2 Å². The third-order valence-electron chi connectivity index (χ3n) is 4.59. The van der Waals surface area contributed by atoms with E-state index in [4.69, 9.17) is 5.11 Å². The summed E-state index contributed by atoms with van der Waals surface area (Å²) >= 11 is 0. The highest BCUT2D eigenvalue weighted by molar-refractivity contribution is 7.93. The molecule has 1 N–H and O–H groups in total. The van der Waals surface area contributed by atoms with Crippen LogP contribution in [0.2, 0.25) is 0 Å². The number of carboxylic acid groups (broad SMARTS) is 1. The van der Waals surface area contributed by atoms with Gasteiger partial charge in [-0.2, -0.15) is 0 Å². The number of carbonyl (C=O) groups excluding carboxylic acids is 1. The molecule has 0 aliphatic rings. The summed E-state index contributed by atoms with van der Waals surface area (Å²) in [6.45, 7) is 8.78. The molecule has 3 aromatic carbocycles.